The highest BCUT2D eigenvalue weighted by atomic mass is 16.5. The molecule has 1 atom stereocenters. The van der Waals surface area contributed by atoms with Gasteiger partial charge in [-0.15, -0.1) is 0 Å². The van der Waals surface area contributed by atoms with Crippen LogP contribution in [0.2, 0.25) is 0 Å². The molecule has 1 saturated heterocycles. The van der Waals surface area contributed by atoms with Gasteiger partial charge in [0.05, 0.1) is 24.1 Å². The summed E-state index contributed by atoms with van der Waals surface area (Å²) >= 11 is 0. The van der Waals surface area contributed by atoms with Gasteiger partial charge in [-0.05, 0) is 18.2 Å². The molecule has 20 heavy (non-hydrogen) atoms. The maximum Gasteiger partial charge on any atom is 0.0824 e. The predicted octanol–water partition coefficient (Wildman–Crippen LogP) is 1.03. The Labute approximate surface area is 118 Å². The number of nitrogens with two attached hydrogens (primary N) is 1. The Morgan fingerprint density at radius 1 is 1.25 bits per heavy atom. The Hall–Kier alpha value is -1.69. The van der Waals surface area contributed by atoms with E-state index >= 15 is 0 Å². The van der Waals surface area contributed by atoms with Crippen LogP contribution in [0.3, 0.4) is 0 Å². The lowest BCUT2D eigenvalue weighted by molar-refractivity contribution is -0.0266. The zero-order chi connectivity index (χ0) is 13.8. The Bertz CT molecular complexity index is 540. The Morgan fingerprint density at radius 2 is 2.10 bits per heavy atom. The minimum Gasteiger partial charge on any atom is -0.374 e. The van der Waals surface area contributed by atoms with E-state index in [4.69, 9.17) is 10.5 Å². The van der Waals surface area contributed by atoms with Gasteiger partial charge >= 0.3 is 0 Å². The van der Waals surface area contributed by atoms with Crippen molar-refractivity contribution >= 4 is 0 Å². The van der Waals surface area contributed by atoms with Crippen molar-refractivity contribution in [3.05, 3.63) is 48.3 Å². The first-order valence-corrected chi connectivity index (χ1v) is 6.99. The number of hydrogen-bond donors (Lipinski definition) is 1. The lowest BCUT2D eigenvalue weighted by Gasteiger charge is -2.32. The van der Waals surface area contributed by atoms with Gasteiger partial charge in [-0.1, -0.05) is 18.2 Å². The maximum atomic E-state index is 5.69. The zero-order valence-electron chi connectivity index (χ0n) is 11.5. The summed E-state index contributed by atoms with van der Waals surface area (Å²) in [5, 5.41) is 4.43. The van der Waals surface area contributed by atoms with Gasteiger partial charge in [0.15, 0.2) is 0 Å². The van der Waals surface area contributed by atoms with Gasteiger partial charge in [0, 0.05) is 32.4 Å². The van der Waals surface area contributed by atoms with E-state index in [-0.39, 0.29) is 6.10 Å². The number of para-hydroxylation sites is 1. The first-order chi connectivity index (χ1) is 9.86. The van der Waals surface area contributed by atoms with Gasteiger partial charge in [0.25, 0.3) is 0 Å². The molecule has 1 unspecified atom stereocenters. The van der Waals surface area contributed by atoms with Crippen molar-refractivity contribution in [3.8, 4) is 5.69 Å². The largest absolute Gasteiger partial charge is 0.374 e. The van der Waals surface area contributed by atoms with Gasteiger partial charge in [0.1, 0.15) is 0 Å². The number of ether oxygens (including phenoxy) is 1. The topological polar surface area (TPSA) is 56.3 Å². The highest BCUT2D eigenvalue weighted by Crippen LogP contribution is 2.14. The van der Waals surface area contributed by atoms with E-state index in [0.717, 1.165) is 31.9 Å². The molecule has 1 aliphatic rings. The Kier molecular flexibility index (Phi) is 4.11. The standard InChI is InChI=1S/C15H20N4O/c16-10-15-12-18(8-9-20-15)11-14-6-7-17-19(14)13-4-2-1-3-5-13/h1-7,15H,8-12,16H2. The first kappa shape index (κ1) is 13.3. The fraction of sp³-hybridized carbons (Fsp3) is 0.400. The molecule has 0 radical (unpaired) electrons. The second-order valence-electron chi connectivity index (χ2n) is 5.03. The van der Waals surface area contributed by atoms with Crippen LogP contribution >= 0.6 is 0 Å². The molecule has 1 aromatic heterocycles. The van der Waals surface area contributed by atoms with Crippen LogP contribution in [-0.4, -0.2) is 47.0 Å². The normalized spacial score (nSPS) is 20.1. The molecule has 2 aromatic rings. The molecule has 0 saturated carbocycles. The monoisotopic (exact) mass is 272 g/mol. The van der Waals surface area contributed by atoms with Crippen molar-refractivity contribution in [2.75, 3.05) is 26.2 Å². The minimum atomic E-state index is 0.150. The lowest BCUT2D eigenvalue weighted by Crippen LogP contribution is -2.45. The number of aromatic nitrogens is 2. The average Bonchev–Trinajstić information content (AvgIpc) is 2.96. The van der Waals surface area contributed by atoms with E-state index < -0.39 is 0 Å². The third kappa shape index (κ3) is 2.90. The number of morpholine rings is 1. The summed E-state index contributed by atoms with van der Waals surface area (Å²) in [6.45, 7) is 4.03. The molecule has 3 rings (SSSR count). The van der Waals surface area contributed by atoms with Crippen molar-refractivity contribution in [1.29, 1.82) is 0 Å². The van der Waals surface area contributed by atoms with Crippen LogP contribution in [0, 0.1) is 0 Å². The summed E-state index contributed by atoms with van der Waals surface area (Å²) in [6, 6.07) is 12.3. The summed E-state index contributed by atoms with van der Waals surface area (Å²) < 4.78 is 7.60. The summed E-state index contributed by atoms with van der Waals surface area (Å²) in [6.07, 6.45) is 2.00. The molecule has 5 nitrogen and oxygen atoms in total. The van der Waals surface area contributed by atoms with Crippen LogP contribution in [0.1, 0.15) is 5.69 Å². The van der Waals surface area contributed by atoms with E-state index in [1.807, 2.05) is 29.1 Å². The molecular formula is C15H20N4O. The molecule has 0 bridgehead atoms. The smallest absolute Gasteiger partial charge is 0.0824 e. The summed E-state index contributed by atoms with van der Waals surface area (Å²) in [7, 11) is 0. The van der Waals surface area contributed by atoms with E-state index in [1.54, 1.807) is 0 Å². The van der Waals surface area contributed by atoms with Crippen molar-refractivity contribution in [3.63, 3.8) is 0 Å². The zero-order valence-corrected chi connectivity index (χ0v) is 11.5. The number of hydrogen-bond acceptors (Lipinski definition) is 4. The van der Waals surface area contributed by atoms with Crippen LogP contribution < -0.4 is 5.73 Å². The van der Waals surface area contributed by atoms with Gasteiger partial charge in [-0.25, -0.2) is 4.68 Å². The SMILES string of the molecule is NCC1CN(Cc2ccnn2-c2ccccc2)CCO1. The third-order valence-electron chi connectivity index (χ3n) is 3.59. The van der Waals surface area contributed by atoms with Crippen LogP contribution in [0.15, 0.2) is 42.6 Å². The fourth-order valence-electron chi connectivity index (χ4n) is 2.55. The molecule has 1 aromatic carbocycles. The quantitative estimate of drug-likeness (QED) is 0.903. The highest BCUT2D eigenvalue weighted by Gasteiger charge is 2.20. The molecule has 5 heteroatoms. The van der Waals surface area contributed by atoms with Crippen molar-refractivity contribution < 1.29 is 4.74 Å². The molecular weight excluding hydrogens is 252 g/mol. The third-order valence-corrected chi connectivity index (χ3v) is 3.59. The van der Waals surface area contributed by atoms with Crippen molar-refractivity contribution in [2.45, 2.75) is 12.6 Å². The molecule has 1 aliphatic heterocycles. The molecule has 1 fully saturated rings. The van der Waals surface area contributed by atoms with E-state index in [2.05, 4.69) is 28.2 Å². The van der Waals surface area contributed by atoms with Crippen molar-refractivity contribution in [2.24, 2.45) is 5.73 Å². The molecule has 0 spiro atoms. The minimum absolute atomic E-state index is 0.150. The van der Waals surface area contributed by atoms with Crippen LogP contribution in [-0.2, 0) is 11.3 Å². The van der Waals surface area contributed by atoms with E-state index in [1.165, 1.54) is 5.69 Å². The lowest BCUT2D eigenvalue weighted by atomic mass is 10.2. The highest BCUT2D eigenvalue weighted by molar-refractivity contribution is 5.32. The summed E-state index contributed by atoms with van der Waals surface area (Å²) in [4.78, 5) is 2.37. The number of nitrogens with zero attached hydrogens (tertiary/aromatic N) is 3. The fourth-order valence-corrected chi connectivity index (χ4v) is 2.55. The molecule has 2 heterocycles. The average molecular weight is 272 g/mol. The van der Waals surface area contributed by atoms with Gasteiger partial charge in [-0.2, -0.15) is 5.10 Å². The van der Waals surface area contributed by atoms with Crippen LogP contribution in [0.4, 0.5) is 0 Å². The number of benzene rings is 1. The predicted molar refractivity (Wildman–Crippen MR) is 77.6 cm³/mol. The summed E-state index contributed by atoms with van der Waals surface area (Å²) in [5.41, 5.74) is 7.97. The van der Waals surface area contributed by atoms with Gasteiger partial charge in [0.2, 0.25) is 0 Å². The van der Waals surface area contributed by atoms with Crippen LogP contribution in [0.5, 0.6) is 0 Å². The second kappa shape index (κ2) is 6.17. The van der Waals surface area contributed by atoms with Crippen molar-refractivity contribution in [1.82, 2.24) is 14.7 Å². The first-order valence-electron chi connectivity index (χ1n) is 6.99. The van der Waals surface area contributed by atoms with Gasteiger partial charge in [-0.3, -0.25) is 4.90 Å². The van der Waals surface area contributed by atoms with E-state index in [0.29, 0.717) is 6.54 Å². The van der Waals surface area contributed by atoms with Crippen LogP contribution in [0.25, 0.3) is 5.69 Å². The molecule has 106 valence electrons. The van der Waals surface area contributed by atoms with E-state index in [9.17, 15) is 0 Å². The Morgan fingerprint density at radius 3 is 2.90 bits per heavy atom. The Balaban J connectivity index is 1.74. The molecule has 0 aliphatic carbocycles. The second-order valence-corrected chi connectivity index (χ2v) is 5.03. The van der Waals surface area contributed by atoms with Gasteiger partial charge < -0.3 is 10.5 Å². The maximum absolute atomic E-state index is 5.69. The summed E-state index contributed by atoms with van der Waals surface area (Å²) in [5.74, 6) is 0. The molecule has 0 amide bonds. The number of rotatable bonds is 4. The molecule has 2 N–H and O–H groups in total.